The van der Waals surface area contributed by atoms with Gasteiger partial charge in [0, 0.05) is 0 Å². The predicted molar refractivity (Wildman–Crippen MR) is 40.6 cm³/mol. The molecule has 0 aliphatic rings. The highest BCUT2D eigenvalue weighted by Gasteiger charge is 2.22. The monoisotopic (exact) mass is 236 g/mol. The molecule has 1 unspecified atom stereocenters. The Morgan fingerprint density at radius 3 is 1.92 bits per heavy atom. The first kappa shape index (κ1) is 13.2. The topological polar surface area (TPSA) is 134 Å². The zero-order chi connectivity index (χ0) is 10.7. The van der Waals surface area contributed by atoms with Gasteiger partial charge in [0.05, 0.1) is 12.7 Å². The van der Waals surface area contributed by atoms with Gasteiger partial charge in [0.25, 0.3) is 0 Å². The summed E-state index contributed by atoms with van der Waals surface area (Å²) in [5, 5.41) is 0. The molecule has 0 bridgehead atoms. The van der Waals surface area contributed by atoms with E-state index < -0.39 is 28.4 Å². The minimum absolute atomic E-state index is 0.602. The number of phosphoric ester groups is 2. The number of phosphoric acid groups is 2. The van der Waals surface area contributed by atoms with Crippen LogP contribution in [0.2, 0.25) is 0 Å². The Kier molecular flexibility index (Phi) is 4.71. The number of rotatable bonds is 5. The van der Waals surface area contributed by atoms with Crippen molar-refractivity contribution in [3.8, 4) is 0 Å². The van der Waals surface area contributed by atoms with Crippen LogP contribution in [0.3, 0.4) is 0 Å². The molecule has 10 heteroatoms. The molecule has 0 aliphatic heterocycles. The normalized spacial score (nSPS) is 15.8. The predicted octanol–water partition coefficient (Wildman–Crippen LogP) is -0.407. The van der Waals surface area contributed by atoms with E-state index in [2.05, 4.69) is 9.05 Å². The Bertz CT molecular complexity index is 238. The standard InChI is InChI=1S/C3H10O8P2/c1-3(11-13(7,8)9)2-10-12(4,5)6/h3H,2H2,1H3,(H2,4,5,6)(H2,7,8,9). The Morgan fingerprint density at radius 2 is 1.62 bits per heavy atom. The van der Waals surface area contributed by atoms with E-state index in [4.69, 9.17) is 19.6 Å². The molecule has 0 radical (unpaired) electrons. The summed E-state index contributed by atoms with van der Waals surface area (Å²) < 4.78 is 28.3. The quantitative estimate of drug-likeness (QED) is 0.473. The SMILES string of the molecule is CC(COP(=O)(O)O)OP(=O)(O)O. The average Bonchev–Trinajstić information content (AvgIpc) is 1.78. The summed E-state index contributed by atoms with van der Waals surface area (Å²) in [7, 11) is -9.25. The Hall–Kier alpha value is 0.220. The minimum Gasteiger partial charge on any atom is -0.303 e. The summed E-state index contributed by atoms with van der Waals surface area (Å²) in [6.07, 6.45) is -1.10. The van der Waals surface area contributed by atoms with Crippen molar-refractivity contribution in [1.29, 1.82) is 0 Å². The van der Waals surface area contributed by atoms with Gasteiger partial charge in [-0.15, -0.1) is 0 Å². The molecule has 0 spiro atoms. The molecular formula is C3H10O8P2. The first-order chi connectivity index (χ1) is 5.60. The van der Waals surface area contributed by atoms with Crippen LogP contribution < -0.4 is 0 Å². The van der Waals surface area contributed by atoms with E-state index in [1.54, 1.807) is 0 Å². The van der Waals surface area contributed by atoms with Crippen LogP contribution in [0.4, 0.5) is 0 Å². The van der Waals surface area contributed by atoms with E-state index in [0.29, 0.717) is 0 Å². The smallest absolute Gasteiger partial charge is 0.303 e. The third-order valence-electron chi connectivity index (χ3n) is 0.795. The second-order valence-electron chi connectivity index (χ2n) is 2.19. The van der Waals surface area contributed by atoms with Crippen LogP contribution in [0.15, 0.2) is 0 Å². The summed E-state index contributed by atoms with van der Waals surface area (Å²) in [6, 6.07) is 0. The van der Waals surface area contributed by atoms with Crippen LogP contribution >= 0.6 is 15.6 Å². The van der Waals surface area contributed by atoms with Crippen LogP contribution in [0, 0.1) is 0 Å². The third-order valence-corrected chi connectivity index (χ3v) is 1.91. The lowest BCUT2D eigenvalue weighted by Gasteiger charge is -2.13. The van der Waals surface area contributed by atoms with Crippen molar-refractivity contribution in [3.05, 3.63) is 0 Å². The van der Waals surface area contributed by atoms with E-state index in [1.165, 1.54) is 6.92 Å². The third kappa shape index (κ3) is 10.1. The molecule has 0 aromatic rings. The Labute approximate surface area is 74.0 Å². The summed E-state index contributed by atoms with van der Waals surface area (Å²) in [5.74, 6) is 0. The molecule has 80 valence electrons. The van der Waals surface area contributed by atoms with Gasteiger partial charge in [0.2, 0.25) is 0 Å². The van der Waals surface area contributed by atoms with Crippen molar-refractivity contribution in [2.45, 2.75) is 13.0 Å². The highest BCUT2D eigenvalue weighted by molar-refractivity contribution is 7.46. The zero-order valence-electron chi connectivity index (χ0n) is 6.60. The molecule has 8 nitrogen and oxygen atoms in total. The molecule has 13 heavy (non-hydrogen) atoms. The van der Waals surface area contributed by atoms with Gasteiger partial charge in [-0.2, -0.15) is 0 Å². The minimum atomic E-state index is -4.64. The lowest BCUT2D eigenvalue weighted by atomic mass is 10.5. The van der Waals surface area contributed by atoms with Gasteiger partial charge in [-0.3, -0.25) is 9.05 Å². The summed E-state index contributed by atoms with van der Waals surface area (Å²) >= 11 is 0. The van der Waals surface area contributed by atoms with E-state index in [0.717, 1.165) is 0 Å². The van der Waals surface area contributed by atoms with Gasteiger partial charge in [-0.05, 0) is 6.92 Å². The van der Waals surface area contributed by atoms with E-state index >= 15 is 0 Å². The molecule has 0 aliphatic carbocycles. The Morgan fingerprint density at radius 1 is 1.15 bits per heavy atom. The first-order valence-corrected chi connectivity index (χ1v) is 6.10. The summed E-state index contributed by atoms with van der Waals surface area (Å²) in [6.45, 7) is 0.601. The van der Waals surface area contributed by atoms with Crippen molar-refractivity contribution in [2.24, 2.45) is 0 Å². The van der Waals surface area contributed by atoms with Gasteiger partial charge in [-0.25, -0.2) is 9.13 Å². The van der Waals surface area contributed by atoms with Gasteiger partial charge in [-0.1, -0.05) is 0 Å². The fourth-order valence-corrected chi connectivity index (χ4v) is 1.40. The van der Waals surface area contributed by atoms with Crippen molar-refractivity contribution in [3.63, 3.8) is 0 Å². The number of hydrogen-bond acceptors (Lipinski definition) is 4. The molecule has 0 saturated carbocycles. The average molecular weight is 236 g/mol. The van der Waals surface area contributed by atoms with Gasteiger partial charge in [0.1, 0.15) is 0 Å². The number of hydrogen-bond donors (Lipinski definition) is 4. The first-order valence-electron chi connectivity index (χ1n) is 3.04. The maximum absolute atomic E-state index is 10.2. The van der Waals surface area contributed by atoms with Crippen LogP contribution in [-0.4, -0.2) is 32.3 Å². The molecule has 1 atom stereocenters. The molecule has 0 aromatic carbocycles. The van der Waals surface area contributed by atoms with Crippen molar-refractivity contribution < 1.29 is 37.8 Å². The zero-order valence-corrected chi connectivity index (χ0v) is 8.39. The van der Waals surface area contributed by atoms with Crippen LogP contribution in [-0.2, 0) is 18.2 Å². The molecule has 0 heterocycles. The van der Waals surface area contributed by atoms with Crippen molar-refractivity contribution >= 4 is 15.6 Å². The van der Waals surface area contributed by atoms with Crippen molar-refractivity contribution in [1.82, 2.24) is 0 Å². The highest BCUT2D eigenvalue weighted by atomic mass is 31.2. The molecule has 0 aromatic heterocycles. The van der Waals surface area contributed by atoms with Crippen LogP contribution in [0.1, 0.15) is 6.92 Å². The van der Waals surface area contributed by atoms with Crippen molar-refractivity contribution in [2.75, 3.05) is 6.61 Å². The van der Waals surface area contributed by atoms with E-state index in [9.17, 15) is 9.13 Å². The largest absolute Gasteiger partial charge is 0.469 e. The summed E-state index contributed by atoms with van der Waals surface area (Å²) in [5.41, 5.74) is 0. The maximum atomic E-state index is 10.2. The molecule has 0 rings (SSSR count). The Balaban J connectivity index is 3.84. The lowest BCUT2D eigenvalue weighted by Crippen LogP contribution is -2.13. The molecule has 0 amide bonds. The fraction of sp³-hybridized carbons (Fsp3) is 1.00. The van der Waals surface area contributed by atoms with E-state index in [-0.39, 0.29) is 0 Å². The molecule has 4 N–H and O–H groups in total. The van der Waals surface area contributed by atoms with Gasteiger partial charge < -0.3 is 19.6 Å². The van der Waals surface area contributed by atoms with Crippen LogP contribution in [0.25, 0.3) is 0 Å². The van der Waals surface area contributed by atoms with Gasteiger partial charge in [0.15, 0.2) is 0 Å². The fourth-order valence-electron chi connectivity index (χ4n) is 0.467. The summed E-state index contributed by atoms with van der Waals surface area (Å²) in [4.78, 5) is 32.9. The highest BCUT2D eigenvalue weighted by Crippen LogP contribution is 2.40. The second kappa shape index (κ2) is 4.63. The maximum Gasteiger partial charge on any atom is 0.469 e. The second-order valence-corrected chi connectivity index (χ2v) is 4.62. The van der Waals surface area contributed by atoms with Crippen LogP contribution in [0.5, 0.6) is 0 Å². The molecule has 0 saturated heterocycles. The lowest BCUT2D eigenvalue weighted by molar-refractivity contribution is 0.0837. The van der Waals surface area contributed by atoms with E-state index in [1.807, 2.05) is 0 Å². The molecular weight excluding hydrogens is 226 g/mol. The molecule has 0 fully saturated rings. The van der Waals surface area contributed by atoms with Gasteiger partial charge >= 0.3 is 15.6 Å².